The molecule has 2 atom stereocenters. The first-order valence-corrected chi connectivity index (χ1v) is 6.40. The molecule has 5 heteroatoms. The van der Waals surface area contributed by atoms with E-state index in [1.54, 1.807) is 13.0 Å². The SMILES string of the molecule is CC(O)c1ccc(N2CCNC(=O)C2C)c(Cl)c1. The number of nitrogens with one attached hydrogen (secondary N) is 1. The van der Waals surface area contributed by atoms with E-state index in [2.05, 4.69) is 5.32 Å². The molecule has 0 spiro atoms. The van der Waals surface area contributed by atoms with Crippen molar-refractivity contribution in [2.75, 3.05) is 18.0 Å². The maximum absolute atomic E-state index is 11.6. The lowest BCUT2D eigenvalue weighted by Gasteiger charge is -2.35. The molecule has 1 saturated heterocycles. The minimum absolute atomic E-state index is 0.0110. The molecule has 0 bridgehead atoms. The number of piperazine rings is 1. The fourth-order valence-electron chi connectivity index (χ4n) is 2.13. The molecule has 1 fully saturated rings. The molecule has 1 amide bonds. The topological polar surface area (TPSA) is 52.6 Å². The van der Waals surface area contributed by atoms with E-state index in [9.17, 15) is 9.90 Å². The van der Waals surface area contributed by atoms with Gasteiger partial charge in [0.15, 0.2) is 0 Å². The molecule has 98 valence electrons. The third kappa shape index (κ3) is 2.44. The summed E-state index contributed by atoms with van der Waals surface area (Å²) < 4.78 is 0. The van der Waals surface area contributed by atoms with E-state index in [0.29, 0.717) is 11.6 Å². The molecule has 1 aromatic rings. The van der Waals surface area contributed by atoms with Crippen molar-refractivity contribution in [1.29, 1.82) is 0 Å². The monoisotopic (exact) mass is 268 g/mol. The van der Waals surface area contributed by atoms with Crippen LogP contribution in [-0.4, -0.2) is 30.1 Å². The Morgan fingerprint density at radius 2 is 2.28 bits per heavy atom. The van der Waals surface area contributed by atoms with E-state index >= 15 is 0 Å². The molecule has 18 heavy (non-hydrogen) atoms. The lowest BCUT2D eigenvalue weighted by atomic mass is 10.1. The highest BCUT2D eigenvalue weighted by atomic mass is 35.5. The molecule has 2 unspecified atom stereocenters. The van der Waals surface area contributed by atoms with E-state index in [4.69, 9.17) is 11.6 Å². The number of benzene rings is 1. The largest absolute Gasteiger partial charge is 0.389 e. The summed E-state index contributed by atoms with van der Waals surface area (Å²) in [6.45, 7) is 4.91. The average molecular weight is 269 g/mol. The Kier molecular flexibility index (Phi) is 3.78. The van der Waals surface area contributed by atoms with Crippen LogP contribution >= 0.6 is 11.6 Å². The zero-order valence-electron chi connectivity index (χ0n) is 10.5. The zero-order valence-corrected chi connectivity index (χ0v) is 11.2. The lowest BCUT2D eigenvalue weighted by Crippen LogP contribution is -2.54. The summed E-state index contributed by atoms with van der Waals surface area (Å²) in [6, 6.07) is 5.22. The fraction of sp³-hybridized carbons (Fsp3) is 0.462. The molecule has 0 aromatic heterocycles. The number of hydrogen-bond acceptors (Lipinski definition) is 3. The number of amides is 1. The Hall–Kier alpha value is -1.26. The summed E-state index contributed by atoms with van der Waals surface area (Å²) in [7, 11) is 0. The van der Waals surface area contributed by atoms with Crippen molar-refractivity contribution < 1.29 is 9.90 Å². The maximum atomic E-state index is 11.6. The van der Waals surface area contributed by atoms with E-state index in [1.165, 1.54) is 0 Å². The first-order valence-electron chi connectivity index (χ1n) is 6.02. The number of nitrogens with zero attached hydrogens (tertiary/aromatic N) is 1. The summed E-state index contributed by atoms with van der Waals surface area (Å²) in [5.41, 5.74) is 1.61. The third-order valence-corrected chi connectivity index (χ3v) is 3.57. The van der Waals surface area contributed by atoms with Gasteiger partial charge in [-0.1, -0.05) is 17.7 Å². The molecule has 0 saturated carbocycles. The van der Waals surface area contributed by atoms with Crippen LogP contribution in [0.3, 0.4) is 0 Å². The molecule has 0 aliphatic carbocycles. The van der Waals surface area contributed by atoms with Gasteiger partial charge in [-0.25, -0.2) is 0 Å². The van der Waals surface area contributed by atoms with Crippen molar-refractivity contribution in [2.45, 2.75) is 26.0 Å². The molecule has 2 N–H and O–H groups in total. The van der Waals surface area contributed by atoms with Gasteiger partial charge in [0.05, 0.1) is 16.8 Å². The number of aliphatic hydroxyl groups excluding tert-OH is 1. The van der Waals surface area contributed by atoms with Gasteiger partial charge in [0, 0.05) is 13.1 Å². The Balaban J connectivity index is 2.30. The van der Waals surface area contributed by atoms with E-state index < -0.39 is 6.10 Å². The molecule has 4 nitrogen and oxygen atoms in total. The van der Waals surface area contributed by atoms with Gasteiger partial charge in [-0.05, 0) is 31.5 Å². The molecule has 1 aromatic carbocycles. The van der Waals surface area contributed by atoms with Crippen molar-refractivity contribution in [3.05, 3.63) is 28.8 Å². The van der Waals surface area contributed by atoms with Gasteiger partial charge in [0.2, 0.25) is 5.91 Å². The zero-order chi connectivity index (χ0) is 13.3. The second-order valence-electron chi connectivity index (χ2n) is 4.55. The van der Waals surface area contributed by atoms with E-state index in [1.807, 2.05) is 24.0 Å². The number of carbonyl (C=O) groups is 1. The van der Waals surface area contributed by atoms with Crippen molar-refractivity contribution in [2.24, 2.45) is 0 Å². The highest BCUT2D eigenvalue weighted by Gasteiger charge is 2.26. The normalized spacial score (nSPS) is 21.7. The minimum Gasteiger partial charge on any atom is -0.389 e. The first-order chi connectivity index (χ1) is 8.50. The van der Waals surface area contributed by atoms with Gasteiger partial charge in [0.1, 0.15) is 6.04 Å². The molecule has 2 rings (SSSR count). The lowest BCUT2D eigenvalue weighted by molar-refractivity contribution is -0.122. The number of anilines is 1. The Labute approximate surface area is 112 Å². The van der Waals surface area contributed by atoms with Crippen LogP contribution in [0.1, 0.15) is 25.5 Å². The molecular weight excluding hydrogens is 252 g/mol. The van der Waals surface area contributed by atoms with Crippen LogP contribution in [0.5, 0.6) is 0 Å². The van der Waals surface area contributed by atoms with Crippen LogP contribution in [0, 0.1) is 0 Å². The van der Waals surface area contributed by atoms with E-state index in [-0.39, 0.29) is 11.9 Å². The number of aliphatic hydroxyl groups is 1. The smallest absolute Gasteiger partial charge is 0.242 e. The highest BCUT2D eigenvalue weighted by molar-refractivity contribution is 6.33. The van der Waals surface area contributed by atoms with Crippen molar-refractivity contribution in [3.8, 4) is 0 Å². The summed E-state index contributed by atoms with van der Waals surface area (Å²) in [6.07, 6.45) is -0.543. The average Bonchev–Trinajstić information content (AvgIpc) is 2.33. The molecule has 0 radical (unpaired) electrons. The summed E-state index contributed by atoms with van der Waals surface area (Å²) in [5.74, 6) is 0.0110. The van der Waals surface area contributed by atoms with Crippen LogP contribution in [0.2, 0.25) is 5.02 Å². The van der Waals surface area contributed by atoms with Crippen molar-refractivity contribution >= 4 is 23.2 Å². The van der Waals surface area contributed by atoms with Gasteiger partial charge in [0.25, 0.3) is 0 Å². The summed E-state index contributed by atoms with van der Waals surface area (Å²) >= 11 is 6.24. The number of halogens is 1. The van der Waals surface area contributed by atoms with Gasteiger partial charge in [-0.3, -0.25) is 4.79 Å². The molecule has 1 aliphatic heterocycles. The van der Waals surface area contributed by atoms with Crippen LogP contribution < -0.4 is 10.2 Å². The third-order valence-electron chi connectivity index (χ3n) is 3.26. The summed E-state index contributed by atoms with van der Waals surface area (Å²) in [5, 5.41) is 12.9. The number of carbonyl (C=O) groups excluding carboxylic acids is 1. The van der Waals surface area contributed by atoms with Crippen molar-refractivity contribution in [3.63, 3.8) is 0 Å². The molecular formula is C13H17ClN2O2. The Morgan fingerprint density at radius 1 is 1.56 bits per heavy atom. The first kappa shape index (κ1) is 13.2. The second kappa shape index (κ2) is 5.16. The van der Waals surface area contributed by atoms with Crippen LogP contribution in [0.15, 0.2) is 18.2 Å². The molecule has 1 aliphatic rings. The van der Waals surface area contributed by atoms with Crippen LogP contribution in [0.25, 0.3) is 0 Å². The van der Waals surface area contributed by atoms with Gasteiger partial charge in [-0.2, -0.15) is 0 Å². The van der Waals surface area contributed by atoms with Gasteiger partial charge < -0.3 is 15.3 Å². The van der Waals surface area contributed by atoms with E-state index in [0.717, 1.165) is 17.8 Å². The Morgan fingerprint density at radius 3 is 2.89 bits per heavy atom. The van der Waals surface area contributed by atoms with Gasteiger partial charge >= 0.3 is 0 Å². The van der Waals surface area contributed by atoms with Gasteiger partial charge in [-0.15, -0.1) is 0 Å². The highest BCUT2D eigenvalue weighted by Crippen LogP contribution is 2.30. The summed E-state index contributed by atoms with van der Waals surface area (Å²) in [4.78, 5) is 13.6. The predicted octanol–water partition coefficient (Wildman–Crippen LogP) is 1.72. The fourth-order valence-corrected chi connectivity index (χ4v) is 2.43. The Bertz CT molecular complexity index is 462. The number of hydrogen-bond donors (Lipinski definition) is 2. The minimum atomic E-state index is -0.543. The van der Waals surface area contributed by atoms with Crippen LogP contribution in [-0.2, 0) is 4.79 Å². The second-order valence-corrected chi connectivity index (χ2v) is 4.95. The number of rotatable bonds is 2. The van der Waals surface area contributed by atoms with Crippen LogP contribution in [0.4, 0.5) is 5.69 Å². The van der Waals surface area contributed by atoms with Crippen molar-refractivity contribution in [1.82, 2.24) is 5.32 Å². The standard InChI is InChI=1S/C13H17ClN2O2/c1-8-13(18)15-5-6-16(8)12-4-3-10(9(2)17)7-11(12)14/h3-4,7-9,17H,5-6H2,1-2H3,(H,15,18). The maximum Gasteiger partial charge on any atom is 0.242 e. The predicted molar refractivity (Wildman–Crippen MR) is 71.9 cm³/mol. The molecule has 1 heterocycles. The quantitative estimate of drug-likeness (QED) is 0.859.